The van der Waals surface area contributed by atoms with Crippen molar-refractivity contribution in [3.63, 3.8) is 0 Å². The van der Waals surface area contributed by atoms with Gasteiger partial charge in [0.2, 0.25) is 0 Å². The summed E-state index contributed by atoms with van der Waals surface area (Å²) in [6.07, 6.45) is 0. The molecule has 2 aromatic rings. The van der Waals surface area contributed by atoms with Gasteiger partial charge in [0.25, 0.3) is 0 Å². The summed E-state index contributed by atoms with van der Waals surface area (Å²) in [6.45, 7) is 0. The van der Waals surface area contributed by atoms with Gasteiger partial charge in [-0.2, -0.15) is 0 Å². The number of rotatable bonds is 1. The Morgan fingerprint density at radius 2 is 1.87 bits per heavy atom. The SMILES string of the molecule is Oc1c[c]ccc1-c1cccc(F)c1F. The quantitative estimate of drug-likeness (QED) is 0.758. The average Bonchev–Trinajstić information content (AvgIpc) is 2.23. The van der Waals surface area contributed by atoms with E-state index in [0.29, 0.717) is 0 Å². The fourth-order valence-corrected chi connectivity index (χ4v) is 1.36. The van der Waals surface area contributed by atoms with Crippen molar-refractivity contribution in [2.75, 3.05) is 0 Å². The number of phenols is 1. The molecule has 0 fully saturated rings. The molecule has 1 nitrogen and oxygen atoms in total. The number of hydrogen-bond acceptors (Lipinski definition) is 1. The van der Waals surface area contributed by atoms with E-state index in [1.807, 2.05) is 0 Å². The van der Waals surface area contributed by atoms with Crippen molar-refractivity contribution in [2.24, 2.45) is 0 Å². The van der Waals surface area contributed by atoms with Crippen molar-refractivity contribution in [1.82, 2.24) is 0 Å². The Balaban J connectivity index is 2.65. The Hall–Kier alpha value is -1.90. The van der Waals surface area contributed by atoms with Gasteiger partial charge in [-0.05, 0) is 24.3 Å². The maximum Gasteiger partial charge on any atom is 0.166 e. The summed E-state index contributed by atoms with van der Waals surface area (Å²) < 4.78 is 26.3. The second kappa shape index (κ2) is 3.69. The number of phenolic OH excluding ortho intramolecular Hbond substituents is 1. The molecule has 0 aromatic heterocycles. The molecule has 0 unspecified atom stereocenters. The van der Waals surface area contributed by atoms with Crippen molar-refractivity contribution in [3.05, 3.63) is 54.1 Å². The van der Waals surface area contributed by atoms with Crippen LogP contribution >= 0.6 is 0 Å². The molecule has 2 rings (SSSR count). The van der Waals surface area contributed by atoms with Gasteiger partial charge in [0.05, 0.1) is 0 Å². The third kappa shape index (κ3) is 1.68. The summed E-state index contributed by atoms with van der Waals surface area (Å²) in [7, 11) is 0. The first-order valence-electron chi connectivity index (χ1n) is 4.33. The highest BCUT2D eigenvalue weighted by molar-refractivity contribution is 5.70. The molecule has 15 heavy (non-hydrogen) atoms. The predicted molar refractivity (Wildman–Crippen MR) is 52.3 cm³/mol. The minimum absolute atomic E-state index is 0.0431. The van der Waals surface area contributed by atoms with Crippen LogP contribution in [0.15, 0.2) is 36.4 Å². The highest BCUT2D eigenvalue weighted by Crippen LogP contribution is 2.31. The molecule has 2 aromatic carbocycles. The Labute approximate surface area is 85.6 Å². The van der Waals surface area contributed by atoms with E-state index in [1.165, 1.54) is 30.3 Å². The molecule has 0 heterocycles. The Morgan fingerprint density at radius 1 is 1.07 bits per heavy atom. The van der Waals surface area contributed by atoms with Crippen LogP contribution in [0.2, 0.25) is 0 Å². The van der Waals surface area contributed by atoms with Crippen LogP contribution in [0.4, 0.5) is 8.78 Å². The Kier molecular flexibility index (Phi) is 2.37. The lowest BCUT2D eigenvalue weighted by atomic mass is 10.0. The van der Waals surface area contributed by atoms with Gasteiger partial charge in [-0.25, -0.2) is 8.78 Å². The minimum Gasteiger partial charge on any atom is -0.507 e. The molecular formula is C12H7F2O. The van der Waals surface area contributed by atoms with E-state index in [9.17, 15) is 13.9 Å². The number of aromatic hydroxyl groups is 1. The summed E-state index contributed by atoms with van der Waals surface area (Å²) in [5.74, 6) is -2.01. The number of hydrogen-bond donors (Lipinski definition) is 1. The lowest BCUT2D eigenvalue weighted by molar-refractivity contribution is 0.475. The molecule has 0 atom stereocenters. The third-order valence-electron chi connectivity index (χ3n) is 2.08. The van der Waals surface area contributed by atoms with Crippen LogP contribution in [0.5, 0.6) is 5.75 Å². The molecular weight excluding hydrogens is 198 g/mol. The molecule has 0 aliphatic heterocycles. The molecule has 0 saturated carbocycles. The van der Waals surface area contributed by atoms with E-state index < -0.39 is 11.6 Å². The Morgan fingerprint density at radius 3 is 2.60 bits per heavy atom. The van der Waals surface area contributed by atoms with Crippen molar-refractivity contribution in [2.45, 2.75) is 0 Å². The smallest absolute Gasteiger partial charge is 0.166 e. The second-order valence-electron chi connectivity index (χ2n) is 3.04. The van der Waals surface area contributed by atoms with E-state index in [-0.39, 0.29) is 16.9 Å². The van der Waals surface area contributed by atoms with E-state index in [0.717, 1.165) is 6.07 Å². The van der Waals surface area contributed by atoms with Gasteiger partial charge in [0.15, 0.2) is 11.6 Å². The first-order valence-corrected chi connectivity index (χ1v) is 4.33. The Bertz CT molecular complexity index is 495. The van der Waals surface area contributed by atoms with Gasteiger partial charge < -0.3 is 5.11 Å². The molecule has 3 heteroatoms. The van der Waals surface area contributed by atoms with Gasteiger partial charge in [-0.1, -0.05) is 18.2 Å². The van der Waals surface area contributed by atoms with Crippen molar-refractivity contribution in [1.29, 1.82) is 0 Å². The molecule has 75 valence electrons. The lowest BCUT2D eigenvalue weighted by Gasteiger charge is -2.05. The number of halogens is 2. The van der Waals surface area contributed by atoms with Gasteiger partial charge >= 0.3 is 0 Å². The molecule has 0 amide bonds. The van der Waals surface area contributed by atoms with Crippen LogP contribution in [-0.4, -0.2) is 5.11 Å². The normalized spacial score (nSPS) is 10.3. The zero-order valence-corrected chi connectivity index (χ0v) is 7.67. The van der Waals surface area contributed by atoms with Gasteiger partial charge in [0, 0.05) is 11.1 Å². The average molecular weight is 205 g/mol. The minimum atomic E-state index is -0.959. The third-order valence-corrected chi connectivity index (χ3v) is 2.08. The summed E-state index contributed by atoms with van der Waals surface area (Å²) in [6, 6.07) is 10.8. The maximum atomic E-state index is 13.4. The topological polar surface area (TPSA) is 20.2 Å². The molecule has 1 N–H and O–H groups in total. The first-order chi connectivity index (χ1) is 7.20. The lowest BCUT2D eigenvalue weighted by Crippen LogP contribution is -1.89. The van der Waals surface area contributed by atoms with Crippen molar-refractivity contribution >= 4 is 0 Å². The van der Waals surface area contributed by atoms with E-state index in [4.69, 9.17) is 0 Å². The highest BCUT2D eigenvalue weighted by Gasteiger charge is 2.11. The zero-order valence-electron chi connectivity index (χ0n) is 7.67. The highest BCUT2D eigenvalue weighted by atomic mass is 19.2. The van der Waals surface area contributed by atoms with Gasteiger partial charge in [0.1, 0.15) is 5.75 Å². The molecule has 0 aliphatic carbocycles. The van der Waals surface area contributed by atoms with Crippen LogP contribution in [0, 0.1) is 17.7 Å². The van der Waals surface area contributed by atoms with Crippen LogP contribution < -0.4 is 0 Å². The second-order valence-corrected chi connectivity index (χ2v) is 3.04. The summed E-state index contributed by atoms with van der Waals surface area (Å²) in [5, 5.41) is 9.46. The van der Waals surface area contributed by atoms with E-state index in [2.05, 4.69) is 6.07 Å². The van der Waals surface area contributed by atoms with Crippen LogP contribution in [0.3, 0.4) is 0 Å². The van der Waals surface area contributed by atoms with Gasteiger partial charge in [-0.15, -0.1) is 0 Å². The van der Waals surface area contributed by atoms with Crippen LogP contribution in [-0.2, 0) is 0 Å². The van der Waals surface area contributed by atoms with Crippen LogP contribution in [0.25, 0.3) is 11.1 Å². The van der Waals surface area contributed by atoms with E-state index in [1.54, 1.807) is 0 Å². The zero-order chi connectivity index (χ0) is 10.8. The maximum absolute atomic E-state index is 13.4. The largest absolute Gasteiger partial charge is 0.507 e. The first kappa shape index (κ1) is 9.65. The number of benzene rings is 2. The van der Waals surface area contributed by atoms with Crippen molar-refractivity contribution in [3.8, 4) is 16.9 Å². The molecule has 1 radical (unpaired) electrons. The van der Waals surface area contributed by atoms with Crippen LogP contribution in [0.1, 0.15) is 0 Å². The molecule has 0 aliphatic rings. The summed E-state index contributed by atoms with van der Waals surface area (Å²) >= 11 is 0. The van der Waals surface area contributed by atoms with E-state index >= 15 is 0 Å². The predicted octanol–water partition coefficient (Wildman–Crippen LogP) is 3.14. The summed E-state index contributed by atoms with van der Waals surface area (Å²) in [5.41, 5.74) is 0.298. The molecule has 0 bridgehead atoms. The standard InChI is InChI=1S/C12H7F2O/c13-10-6-3-5-9(12(10)14)8-4-1-2-7-11(8)15/h1,3-7,15H. The fraction of sp³-hybridized carbons (Fsp3) is 0. The molecule has 0 spiro atoms. The van der Waals surface area contributed by atoms with Gasteiger partial charge in [-0.3, -0.25) is 0 Å². The molecule has 0 saturated heterocycles. The monoisotopic (exact) mass is 205 g/mol. The fourth-order valence-electron chi connectivity index (χ4n) is 1.36. The van der Waals surface area contributed by atoms with Crippen molar-refractivity contribution < 1.29 is 13.9 Å². The summed E-state index contributed by atoms with van der Waals surface area (Å²) in [4.78, 5) is 0.